The van der Waals surface area contributed by atoms with E-state index < -0.39 is 0 Å². The molecule has 6 heteroatoms. The van der Waals surface area contributed by atoms with Crippen LogP contribution in [0.1, 0.15) is 120 Å². The van der Waals surface area contributed by atoms with Gasteiger partial charge in [-0.25, -0.2) is 0 Å². The van der Waals surface area contributed by atoms with Crippen LogP contribution < -0.4 is 0 Å². The van der Waals surface area contributed by atoms with Gasteiger partial charge in [0.25, 0.3) is 0 Å². The minimum atomic E-state index is 0.382. The third-order valence-corrected chi connectivity index (χ3v) is 14.6. The van der Waals surface area contributed by atoms with E-state index in [0.717, 1.165) is 0 Å². The topological polar surface area (TPSA) is 0 Å². The van der Waals surface area contributed by atoms with Gasteiger partial charge in [-0.2, -0.15) is 0 Å². The van der Waals surface area contributed by atoms with E-state index >= 15 is 0 Å². The summed E-state index contributed by atoms with van der Waals surface area (Å²) < 4.78 is 0. The summed E-state index contributed by atoms with van der Waals surface area (Å²) in [5.74, 6) is 0. The van der Waals surface area contributed by atoms with Crippen molar-refractivity contribution in [1.29, 1.82) is 0 Å². The van der Waals surface area contributed by atoms with E-state index in [-0.39, 0.29) is 0 Å². The van der Waals surface area contributed by atoms with E-state index in [0.29, 0.717) is 36.7 Å². The molecule has 0 spiro atoms. The van der Waals surface area contributed by atoms with Crippen LogP contribution in [0.2, 0.25) is 0 Å². The molecule has 0 aromatic carbocycles. The summed E-state index contributed by atoms with van der Waals surface area (Å²) in [6.45, 7) is 20.8. The Kier molecular flexibility index (Phi) is 53.4. The van der Waals surface area contributed by atoms with Gasteiger partial charge in [0.15, 0.2) is 0 Å². The van der Waals surface area contributed by atoms with Gasteiger partial charge < -0.3 is 0 Å². The summed E-state index contributed by atoms with van der Waals surface area (Å²) in [6, 6.07) is 0. The number of rotatable bonds is 18. The fourth-order valence-electron chi connectivity index (χ4n) is 3.85. The SMILES string of the molecule is CCCP(CCC)CCC.CCCP(CCC)CCC.CCCP(CCC)CCC.[Cl][Co][Cl]. The Labute approximate surface area is 231 Å². The zero-order valence-corrected chi connectivity index (χ0v) is 29.4. The predicted octanol–water partition coefficient (Wildman–Crippen LogP) is 12.5. The number of hydrogen-bond acceptors (Lipinski definition) is 0. The molecule has 0 heterocycles. The van der Waals surface area contributed by atoms with Crippen molar-refractivity contribution in [3.05, 3.63) is 0 Å². The van der Waals surface area contributed by atoms with Crippen molar-refractivity contribution in [3.8, 4) is 0 Å². The quantitative estimate of drug-likeness (QED) is 0.136. The van der Waals surface area contributed by atoms with Crippen LogP contribution in [0.3, 0.4) is 0 Å². The molecule has 0 unspecified atom stereocenters. The van der Waals surface area contributed by atoms with Crippen molar-refractivity contribution >= 4 is 44.1 Å². The maximum atomic E-state index is 4.73. The van der Waals surface area contributed by atoms with Gasteiger partial charge in [-0.3, -0.25) is 0 Å². The van der Waals surface area contributed by atoms with Gasteiger partial charge in [-0.1, -0.05) is 120 Å². The molecule has 0 atom stereocenters. The van der Waals surface area contributed by atoms with Crippen LogP contribution in [0.5, 0.6) is 0 Å². The summed E-state index contributed by atoms with van der Waals surface area (Å²) in [5.41, 5.74) is 0. The van der Waals surface area contributed by atoms with Gasteiger partial charge in [-0.15, -0.1) is 23.8 Å². The van der Waals surface area contributed by atoms with Gasteiger partial charge in [0.2, 0.25) is 0 Å². The van der Waals surface area contributed by atoms with Crippen molar-refractivity contribution in [2.75, 3.05) is 55.5 Å². The molecule has 0 N–H and O–H groups in total. The Hall–Kier alpha value is 2.38. The Morgan fingerprint density at radius 2 is 0.424 bits per heavy atom. The predicted molar refractivity (Wildman–Crippen MR) is 169 cm³/mol. The molecule has 0 fully saturated rings. The van der Waals surface area contributed by atoms with Crippen molar-refractivity contribution in [2.45, 2.75) is 120 Å². The average Bonchev–Trinajstić information content (AvgIpc) is 2.77. The molecule has 0 amide bonds. The summed E-state index contributed by atoms with van der Waals surface area (Å²) in [4.78, 5) is 0. The third-order valence-electron chi connectivity index (χ3n) is 4.86. The van der Waals surface area contributed by atoms with Crippen LogP contribution in [-0.4, -0.2) is 55.5 Å². The second-order valence-electron chi connectivity index (χ2n) is 8.57. The molecule has 0 saturated heterocycles. The Bertz CT molecular complexity index is 215. The third kappa shape index (κ3) is 41.8. The molecule has 33 heavy (non-hydrogen) atoms. The number of hydrogen-bond donors (Lipinski definition) is 0. The van der Waals surface area contributed by atoms with Gasteiger partial charge >= 0.3 is 33.2 Å². The summed E-state index contributed by atoms with van der Waals surface area (Å²) in [5, 5.41) is 0. The molecular weight excluding hydrogens is 547 g/mol. The van der Waals surface area contributed by atoms with Crippen LogP contribution in [0, 0.1) is 0 Å². The van der Waals surface area contributed by atoms with E-state index in [9.17, 15) is 0 Å². The summed E-state index contributed by atoms with van der Waals surface area (Å²) >= 11 is 0.382. The molecule has 0 bridgehead atoms. The van der Waals surface area contributed by atoms with Gasteiger partial charge in [0.05, 0.1) is 0 Å². The molecule has 0 aliphatic rings. The van der Waals surface area contributed by atoms with Gasteiger partial charge in [0, 0.05) is 0 Å². The molecule has 0 aliphatic carbocycles. The van der Waals surface area contributed by atoms with E-state index in [4.69, 9.17) is 20.3 Å². The molecule has 0 aliphatic heterocycles. The van der Waals surface area contributed by atoms with Crippen LogP contribution in [-0.2, 0) is 12.9 Å². The van der Waals surface area contributed by atoms with Crippen LogP contribution >= 0.6 is 44.1 Å². The van der Waals surface area contributed by atoms with Crippen molar-refractivity contribution in [3.63, 3.8) is 0 Å². The monoisotopic (exact) mass is 609 g/mol. The van der Waals surface area contributed by atoms with E-state index in [1.54, 1.807) is 0 Å². The van der Waals surface area contributed by atoms with E-state index in [2.05, 4.69) is 62.3 Å². The molecule has 0 saturated carbocycles. The zero-order valence-electron chi connectivity index (χ0n) is 24.2. The Morgan fingerprint density at radius 3 is 0.485 bits per heavy atom. The Morgan fingerprint density at radius 1 is 0.333 bits per heavy atom. The van der Waals surface area contributed by atoms with Crippen molar-refractivity contribution in [2.24, 2.45) is 0 Å². The van der Waals surface area contributed by atoms with Crippen molar-refractivity contribution < 1.29 is 12.9 Å². The van der Waals surface area contributed by atoms with Crippen molar-refractivity contribution in [1.82, 2.24) is 0 Å². The van der Waals surface area contributed by atoms with Crippen LogP contribution in [0.15, 0.2) is 0 Å². The fraction of sp³-hybridized carbons (Fsp3) is 1.00. The molecule has 0 aromatic heterocycles. The maximum absolute atomic E-state index is 4.73. The molecular formula is C27H63Cl2CoP3. The molecule has 0 radical (unpaired) electrons. The zero-order chi connectivity index (χ0) is 26.2. The first-order valence-corrected chi connectivity index (χ1v) is 22.5. The van der Waals surface area contributed by atoms with Gasteiger partial charge in [0.1, 0.15) is 0 Å². The standard InChI is InChI=1S/3C9H21P.2ClH.Co/c3*1-4-7-10(8-5-2)9-6-3;;;/h3*4-9H2,1-3H3;2*1H;/q;;;;;+2/p-2. The minimum absolute atomic E-state index is 0.382. The second-order valence-corrected chi connectivity index (χ2v) is 18.3. The summed E-state index contributed by atoms with van der Waals surface area (Å²) in [7, 11) is 10.8. The number of halogens is 2. The normalized spacial score (nSPS) is 10.5. The van der Waals surface area contributed by atoms with Gasteiger partial charge in [-0.05, 0) is 55.5 Å². The molecule has 209 valence electrons. The Balaban J connectivity index is -0.000000180. The second kappa shape index (κ2) is 41.5. The first-order chi connectivity index (χ1) is 16.0. The molecule has 0 nitrogen and oxygen atoms in total. The van der Waals surface area contributed by atoms with E-state index in [1.165, 1.54) is 113 Å². The van der Waals surface area contributed by atoms with E-state index in [1.807, 2.05) is 0 Å². The molecule has 0 aromatic rings. The fourth-order valence-corrected chi connectivity index (χ4v) is 11.6. The van der Waals surface area contributed by atoms with Crippen LogP contribution in [0.4, 0.5) is 0 Å². The first-order valence-electron chi connectivity index (χ1n) is 14.0. The average molecular weight is 611 g/mol. The summed E-state index contributed by atoms with van der Waals surface area (Å²) in [6.07, 6.45) is 26.1. The molecule has 0 rings (SSSR count). The van der Waals surface area contributed by atoms with Crippen LogP contribution in [0.25, 0.3) is 0 Å². The first kappa shape index (κ1) is 42.5.